The van der Waals surface area contributed by atoms with Crippen LogP contribution in [0.3, 0.4) is 0 Å². The number of halogens is 4. The van der Waals surface area contributed by atoms with Gasteiger partial charge in [0.15, 0.2) is 23.3 Å². The van der Waals surface area contributed by atoms with Crippen LogP contribution in [-0.2, 0) is 11.3 Å². The zero-order chi connectivity index (χ0) is 13.0. The van der Waals surface area contributed by atoms with Gasteiger partial charge in [-0.2, -0.15) is 0 Å². The van der Waals surface area contributed by atoms with E-state index >= 15 is 0 Å². The summed E-state index contributed by atoms with van der Waals surface area (Å²) >= 11 is 0. The van der Waals surface area contributed by atoms with Gasteiger partial charge >= 0.3 is 0 Å². The molecule has 1 unspecified atom stereocenters. The Kier molecular flexibility index (Phi) is 4.93. The van der Waals surface area contributed by atoms with Crippen molar-refractivity contribution < 1.29 is 22.3 Å². The molecule has 0 heterocycles. The summed E-state index contributed by atoms with van der Waals surface area (Å²) in [5, 5.41) is 0. The molecule has 0 bridgehead atoms. The maximum absolute atomic E-state index is 13.2. The molecule has 0 amide bonds. The summed E-state index contributed by atoms with van der Waals surface area (Å²) in [4.78, 5) is 0. The first-order chi connectivity index (χ1) is 7.97. The van der Waals surface area contributed by atoms with Crippen molar-refractivity contribution in [2.24, 2.45) is 5.92 Å². The summed E-state index contributed by atoms with van der Waals surface area (Å²) in [6.45, 7) is 3.98. The number of hydrogen-bond acceptors (Lipinski definition) is 1. The summed E-state index contributed by atoms with van der Waals surface area (Å²) in [7, 11) is 0. The van der Waals surface area contributed by atoms with Crippen LogP contribution >= 0.6 is 0 Å². The Morgan fingerprint density at radius 3 is 2.35 bits per heavy atom. The average molecular weight is 250 g/mol. The van der Waals surface area contributed by atoms with E-state index in [-0.39, 0.29) is 18.1 Å². The molecular formula is C12H14F4O. The van der Waals surface area contributed by atoms with E-state index in [1.54, 1.807) is 0 Å². The molecule has 1 aromatic rings. The molecule has 0 fully saturated rings. The van der Waals surface area contributed by atoms with Gasteiger partial charge in [0.25, 0.3) is 0 Å². The molecule has 0 aromatic heterocycles. The van der Waals surface area contributed by atoms with Gasteiger partial charge in [-0.3, -0.25) is 0 Å². The average Bonchev–Trinajstić information content (AvgIpc) is 2.32. The molecule has 0 aliphatic carbocycles. The molecule has 0 aliphatic rings. The lowest BCUT2D eigenvalue weighted by Crippen LogP contribution is -2.07. The van der Waals surface area contributed by atoms with Crippen molar-refractivity contribution in [3.63, 3.8) is 0 Å². The third-order valence-corrected chi connectivity index (χ3v) is 2.53. The largest absolute Gasteiger partial charge is 0.376 e. The molecule has 0 spiro atoms. The van der Waals surface area contributed by atoms with Crippen LogP contribution in [0.25, 0.3) is 0 Å². The van der Waals surface area contributed by atoms with Gasteiger partial charge in [0.05, 0.1) is 6.61 Å². The molecular weight excluding hydrogens is 236 g/mol. The number of hydrogen-bond donors (Lipinski definition) is 0. The summed E-state index contributed by atoms with van der Waals surface area (Å²) in [6.07, 6.45) is 0.884. The molecule has 0 saturated carbocycles. The Balaban J connectivity index is 2.72. The Hall–Kier alpha value is -1.10. The molecule has 17 heavy (non-hydrogen) atoms. The third-order valence-electron chi connectivity index (χ3n) is 2.53. The zero-order valence-corrected chi connectivity index (χ0v) is 9.70. The molecule has 1 nitrogen and oxygen atoms in total. The Bertz CT molecular complexity index is 393. The molecule has 1 atom stereocenters. The lowest BCUT2D eigenvalue weighted by Gasteiger charge is -2.10. The predicted molar refractivity (Wildman–Crippen MR) is 55.4 cm³/mol. The standard InChI is InChI=1S/C12H14F4O/c1-3-7(2)5-17-6-8-4-9(13)11(15)12(16)10(8)14/h4,7H,3,5-6H2,1-2H3. The molecule has 0 radical (unpaired) electrons. The van der Waals surface area contributed by atoms with Gasteiger partial charge in [-0.15, -0.1) is 0 Å². The minimum Gasteiger partial charge on any atom is -0.376 e. The van der Waals surface area contributed by atoms with Gasteiger partial charge in [0.1, 0.15) is 0 Å². The van der Waals surface area contributed by atoms with E-state index in [1.807, 2.05) is 13.8 Å². The first kappa shape index (κ1) is 14.0. The van der Waals surface area contributed by atoms with Gasteiger partial charge in [0, 0.05) is 12.2 Å². The monoisotopic (exact) mass is 250 g/mol. The topological polar surface area (TPSA) is 9.23 Å². The van der Waals surface area contributed by atoms with Crippen molar-refractivity contribution in [3.8, 4) is 0 Å². The SMILES string of the molecule is CCC(C)COCc1cc(F)c(F)c(F)c1F. The van der Waals surface area contributed by atoms with Crippen LogP contribution in [0.1, 0.15) is 25.8 Å². The number of benzene rings is 1. The summed E-state index contributed by atoms with van der Waals surface area (Å²) < 4.78 is 56.6. The highest BCUT2D eigenvalue weighted by Gasteiger charge is 2.18. The van der Waals surface area contributed by atoms with E-state index < -0.39 is 23.3 Å². The second-order valence-corrected chi connectivity index (χ2v) is 3.99. The third kappa shape index (κ3) is 3.43. The molecule has 1 aromatic carbocycles. The second-order valence-electron chi connectivity index (χ2n) is 3.99. The second kappa shape index (κ2) is 6.00. The summed E-state index contributed by atoms with van der Waals surface area (Å²) in [5.41, 5.74) is -0.315. The quantitative estimate of drug-likeness (QED) is 0.438. The van der Waals surface area contributed by atoms with Crippen LogP contribution in [-0.4, -0.2) is 6.61 Å². The highest BCUT2D eigenvalue weighted by Crippen LogP contribution is 2.19. The van der Waals surface area contributed by atoms with Crippen molar-refractivity contribution in [1.82, 2.24) is 0 Å². The Morgan fingerprint density at radius 1 is 1.12 bits per heavy atom. The van der Waals surface area contributed by atoms with Crippen LogP contribution in [0.2, 0.25) is 0 Å². The first-order valence-electron chi connectivity index (χ1n) is 5.37. The first-order valence-corrected chi connectivity index (χ1v) is 5.37. The predicted octanol–water partition coefficient (Wildman–Crippen LogP) is 3.81. The van der Waals surface area contributed by atoms with Crippen molar-refractivity contribution in [2.75, 3.05) is 6.61 Å². The van der Waals surface area contributed by atoms with Gasteiger partial charge in [-0.1, -0.05) is 20.3 Å². The highest BCUT2D eigenvalue weighted by atomic mass is 19.2. The minimum atomic E-state index is -1.80. The van der Waals surface area contributed by atoms with Crippen LogP contribution in [0.15, 0.2) is 6.07 Å². The van der Waals surface area contributed by atoms with E-state index in [1.165, 1.54) is 0 Å². The fraction of sp³-hybridized carbons (Fsp3) is 0.500. The van der Waals surface area contributed by atoms with Crippen molar-refractivity contribution in [2.45, 2.75) is 26.9 Å². The van der Waals surface area contributed by atoms with Crippen LogP contribution < -0.4 is 0 Å². The van der Waals surface area contributed by atoms with E-state index in [0.29, 0.717) is 12.7 Å². The summed E-state index contributed by atoms with van der Waals surface area (Å²) in [6, 6.07) is 0.615. The smallest absolute Gasteiger partial charge is 0.197 e. The normalized spacial score (nSPS) is 12.8. The number of rotatable bonds is 5. The van der Waals surface area contributed by atoms with Crippen LogP contribution in [0, 0.1) is 29.2 Å². The van der Waals surface area contributed by atoms with Crippen molar-refractivity contribution >= 4 is 0 Å². The highest BCUT2D eigenvalue weighted by molar-refractivity contribution is 5.21. The van der Waals surface area contributed by atoms with Crippen molar-refractivity contribution in [1.29, 1.82) is 0 Å². The van der Waals surface area contributed by atoms with E-state index in [2.05, 4.69) is 0 Å². The van der Waals surface area contributed by atoms with Gasteiger partial charge in [0.2, 0.25) is 0 Å². The van der Waals surface area contributed by atoms with E-state index in [0.717, 1.165) is 6.42 Å². The Labute approximate surface area is 97.4 Å². The molecule has 96 valence electrons. The summed E-state index contributed by atoms with van der Waals surface area (Å²) in [5.74, 6) is -6.13. The lowest BCUT2D eigenvalue weighted by atomic mass is 10.1. The van der Waals surface area contributed by atoms with Crippen molar-refractivity contribution in [3.05, 3.63) is 34.9 Å². The van der Waals surface area contributed by atoms with Gasteiger partial charge < -0.3 is 4.74 Å². The van der Waals surface area contributed by atoms with Crippen LogP contribution in [0.5, 0.6) is 0 Å². The maximum atomic E-state index is 13.2. The number of ether oxygens (including phenoxy) is 1. The molecule has 1 rings (SSSR count). The van der Waals surface area contributed by atoms with E-state index in [4.69, 9.17) is 4.74 Å². The maximum Gasteiger partial charge on any atom is 0.197 e. The Morgan fingerprint density at radius 2 is 1.76 bits per heavy atom. The molecule has 0 saturated heterocycles. The molecule has 0 aliphatic heterocycles. The molecule has 0 N–H and O–H groups in total. The fourth-order valence-corrected chi connectivity index (χ4v) is 1.21. The fourth-order valence-electron chi connectivity index (χ4n) is 1.21. The molecule has 5 heteroatoms. The minimum absolute atomic E-state index is 0.271. The van der Waals surface area contributed by atoms with Gasteiger partial charge in [-0.05, 0) is 12.0 Å². The zero-order valence-electron chi connectivity index (χ0n) is 9.70. The van der Waals surface area contributed by atoms with E-state index in [9.17, 15) is 17.6 Å². The lowest BCUT2D eigenvalue weighted by molar-refractivity contribution is 0.0882. The van der Waals surface area contributed by atoms with Gasteiger partial charge in [-0.25, -0.2) is 17.6 Å². The van der Waals surface area contributed by atoms with Crippen LogP contribution in [0.4, 0.5) is 17.6 Å².